The lowest BCUT2D eigenvalue weighted by molar-refractivity contribution is -0.130. The van der Waals surface area contributed by atoms with Gasteiger partial charge in [0.15, 0.2) is 0 Å². The van der Waals surface area contributed by atoms with E-state index in [0.717, 1.165) is 6.42 Å². The minimum Gasteiger partial charge on any atom is -0.420 e. The zero-order valence-electron chi connectivity index (χ0n) is 29.5. The first-order valence-electron chi connectivity index (χ1n) is 18.0. The number of anilines is 2. The van der Waals surface area contributed by atoms with Gasteiger partial charge in [-0.2, -0.15) is 5.10 Å². The van der Waals surface area contributed by atoms with Crippen molar-refractivity contribution in [1.82, 2.24) is 20.5 Å². The molecule has 2 bridgehead atoms. The molecule has 6 rings (SSSR count). The summed E-state index contributed by atoms with van der Waals surface area (Å²) >= 11 is 4.81. The second-order valence-electron chi connectivity index (χ2n) is 13.4. The fourth-order valence-electron chi connectivity index (χ4n) is 7.23. The number of carbonyl (C=O) groups excluding carboxylic acids is 2. The molecule has 6 atom stereocenters. The average molecular weight is 779 g/mol. The molecule has 294 valence electrons. The van der Waals surface area contributed by atoms with E-state index in [-0.39, 0.29) is 41.1 Å². The molecule has 2 saturated carbocycles. The second-order valence-corrected chi connectivity index (χ2v) is 13.9. The quantitative estimate of drug-likeness (QED) is 0.0835. The van der Waals surface area contributed by atoms with Crippen molar-refractivity contribution in [1.29, 1.82) is 0 Å². The number of rotatable bonds is 20. The summed E-state index contributed by atoms with van der Waals surface area (Å²) in [5.41, 5.74) is -1.82. The molecule has 1 aromatic carbocycles. The molecule has 0 spiro atoms. The molecule has 0 radical (unpaired) electrons. The average Bonchev–Trinajstić information content (AvgIpc) is 3.98. The number of halogens is 3. The van der Waals surface area contributed by atoms with Crippen molar-refractivity contribution in [2.45, 2.75) is 43.1 Å². The number of amides is 2. The number of alkyl halides is 3. The molecule has 3 aromatic rings. The summed E-state index contributed by atoms with van der Waals surface area (Å²) < 4.78 is 52.9. The van der Waals surface area contributed by atoms with Crippen LogP contribution in [-0.4, -0.2) is 127 Å². The number of pyridine rings is 1. The van der Waals surface area contributed by atoms with E-state index in [0.29, 0.717) is 101 Å². The van der Waals surface area contributed by atoms with Gasteiger partial charge in [-0.25, -0.2) is 4.98 Å². The number of ether oxygens (including phenoxy) is 5. The molecular formula is C36H45ClF2N6O9. The molecule has 18 heteroatoms. The molecule has 3 heterocycles. The lowest BCUT2D eigenvalue weighted by atomic mass is 9.84. The van der Waals surface area contributed by atoms with Crippen LogP contribution in [0.4, 0.5) is 20.3 Å². The Morgan fingerprint density at radius 2 is 1.70 bits per heavy atom. The van der Waals surface area contributed by atoms with E-state index < -0.39 is 23.7 Å². The summed E-state index contributed by atoms with van der Waals surface area (Å²) in [6.07, 6.45) is 3.63. The minimum absolute atomic E-state index is 0.00978. The Bertz CT molecular complexity index is 1670. The summed E-state index contributed by atoms with van der Waals surface area (Å²) in [6, 6.07) is 8.88. The Hall–Kier alpha value is -3.97. The molecule has 15 nitrogen and oxygen atoms in total. The zero-order chi connectivity index (χ0) is 38.1. The third-order valence-corrected chi connectivity index (χ3v) is 9.91. The maximum Gasteiger partial charge on any atom is 0.487 e. The van der Waals surface area contributed by atoms with E-state index >= 15 is 0 Å². The SMILES string of the molecule is O=C(Nc1ccc(OC(F)(F)Cl)cc1)c1cnc(N2CC[C@@H](OCCOCCOCCOCCNC(=O)[C@H]3C[C@@H]4C[C@H]3[C@@H](O)[C@H]4O)C2)c(-c2ccn[nH]2)c1. The van der Waals surface area contributed by atoms with Gasteiger partial charge in [0, 0.05) is 60.8 Å². The fraction of sp³-hybridized carbons (Fsp3) is 0.556. The molecule has 3 fully saturated rings. The molecule has 0 unspecified atom stereocenters. The van der Waals surface area contributed by atoms with Gasteiger partial charge in [-0.1, -0.05) is 0 Å². The van der Waals surface area contributed by atoms with E-state index in [1.54, 1.807) is 18.3 Å². The summed E-state index contributed by atoms with van der Waals surface area (Å²) in [4.78, 5) is 32.2. The first-order chi connectivity index (χ1) is 26.1. The Balaban J connectivity index is 0.838. The molecule has 2 aliphatic carbocycles. The third kappa shape index (κ3) is 10.6. The van der Waals surface area contributed by atoms with Crippen molar-refractivity contribution < 1.29 is 52.3 Å². The number of aliphatic hydroxyl groups is 2. The van der Waals surface area contributed by atoms with Gasteiger partial charge < -0.3 is 49.4 Å². The lowest BCUT2D eigenvalue weighted by Crippen LogP contribution is -2.43. The van der Waals surface area contributed by atoms with Crippen molar-refractivity contribution in [2.75, 3.05) is 76.1 Å². The zero-order valence-corrected chi connectivity index (χ0v) is 30.3. The van der Waals surface area contributed by atoms with Crippen LogP contribution in [0.5, 0.6) is 5.75 Å². The summed E-state index contributed by atoms with van der Waals surface area (Å²) in [6.45, 7) is 4.44. The number of H-pyrrole nitrogens is 1. The molecule has 54 heavy (non-hydrogen) atoms. The Labute approximate surface area is 315 Å². The van der Waals surface area contributed by atoms with Crippen LogP contribution in [0.1, 0.15) is 29.6 Å². The number of nitrogens with one attached hydrogen (secondary N) is 3. The number of aromatic nitrogens is 3. The maximum atomic E-state index is 13.1. The van der Waals surface area contributed by atoms with Gasteiger partial charge in [-0.15, -0.1) is 8.78 Å². The van der Waals surface area contributed by atoms with Crippen molar-refractivity contribution >= 4 is 34.9 Å². The molecule has 1 saturated heterocycles. The van der Waals surface area contributed by atoms with E-state index in [2.05, 4.69) is 35.5 Å². The lowest BCUT2D eigenvalue weighted by Gasteiger charge is -2.28. The van der Waals surface area contributed by atoms with Gasteiger partial charge in [0.2, 0.25) is 5.91 Å². The molecule has 1 aliphatic heterocycles. The first kappa shape index (κ1) is 39.7. The van der Waals surface area contributed by atoms with Crippen LogP contribution < -0.4 is 20.3 Å². The van der Waals surface area contributed by atoms with Crippen molar-refractivity contribution in [3.63, 3.8) is 0 Å². The normalized spacial score (nSPS) is 23.5. The highest BCUT2D eigenvalue weighted by Gasteiger charge is 2.53. The third-order valence-electron chi connectivity index (χ3n) is 9.84. The number of aliphatic hydroxyl groups excluding tert-OH is 2. The fourth-order valence-corrected chi connectivity index (χ4v) is 7.32. The summed E-state index contributed by atoms with van der Waals surface area (Å²) in [7, 11) is 0. The molecule has 2 aromatic heterocycles. The Kier molecular flexibility index (Phi) is 13.7. The Morgan fingerprint density at radius 1 is 0.981 bits per heavy atom. The highest BCUT2D eigenvalue weighted by Crippen LogP contribution is 2.48. The number of aromatic amines is 1. The molecular weight excluding hydrogens is 734 g/mol. The first-order valence-corrected chi connectivity index (χ1v) is 18.3. The second kappa shape index (κ2) is 18.6. The highest BCUT2D eigenvalue weighted by molar-refractivity contribution is 6.20. The van der Waals surface area contributed by atoms with Crippen LogP contribution in [0.2, 0.25) is 0 Å². The molecule has 5 N–H and O–H groups in total. The highest BCUT2D eigenvalue weighted by atomic mass is 35.5. The van der Waals surface area contributed by atoms with E-state index in [1.807, 2.05) is 0 Å². The summed E-state index contributed by atoms with van der Waals surface area (Å²) in [5.74, 6) is -0.412. The van der Waals surface area contributed by atoms with Crippen LogP contribution in [0.25, 0.3) is 11.3 Å². The van der Waals surface area contributed by atoms with Crippen LogP contribution in [0.3, 0.4) is 0 Å². The number of nitrogens with zero attached hydrogens (tertiary/aromatic N) is 3. The number of hydrogen-bond acceptors (Lipinski definition) is 12. The van der Waals surface area contributed by atoms with Crippen LogP contribution in [0, 0.1) is 17.8 Å². The van der Waals surface area contributed by atoms with Gasteiger partial charge in [-0.3, -0.25) is 14.7 Å². The number of carbonyl (C=O) groups is 2. The number of fused-ring (bicyclic) bond motifs is 2. The predicted molar refractivity (Wildman–Crippen MR) is 191 cm³/mol. The standard InChI is InChI=1S/C36H45ClF2N6O9/c37-36(38,39)54-25-3-1-24(2-4-25)43-34(48)23-19-29(30-5-7-42-44-30)33(41-20-23)45-9-6-26(21-45)53-16-15-52-14-13-51-12-11-50-10-8-40-35(49)28-18-22-17-27(28)32(47)31(22)46/h1-5,7,19-20,22,26-28,31-32,46-47H,6,8-18,21H2,(H,40,49)(H,42,44)(H,43,48)/t22-,26+,27+,28-,31-,32+/m0/s1. The van der Waals surface area contributed by atoms with Crippen LogP contribution >= 0.6 is 11.6 Å². The monoisotopic (exact) mass is 778 g/mol. The Morgan fingerprint density at radius 3 is 2.37 bits per heavy atom. The van der Waals surface area contributed by atoms with Crippen molar-refractivity contribution in [2.24, 2.45) is 17.8 Å². The topological polar surface area (TPSA) is 190 Å². The van der Waals surface area contributed by atoms with Crippen LogP contribution in [0.15, 0.2) is 48.8 Å². The van der Waals surface area contributed by atoms with E-state index in [4.69, 9.17) is 30.5 Å². The van der Waals surface area contributed by atoms with Gasteiger partial charge in [-0.05, 0) is 67.5 Å². The summed E-state index contributed by atoms with van der Waals surface area (Å²) in [5, 5.41) is 32.5. The molecule has 3 aliphatic rings. The van der Waals surface area contributed by atoms with Gasteiger partial charge in [0.25, 0.3) is 5.91 Å². The van der Waals surface area contributed by atoms with Crippen LogP contribution in [-0.2, 0) is 23.7 Å². The number of hydrogen-bond donors (Lipinski definition) is 5. The van der Waals surface area contributed by atoms with Crippen molar-refractivity contribution in [3.8, 4) is 17.0 Å². The van der Waals surface area contributed by atoms with Gasteiger partial charge >= 0.3 is 5.57 Å². The largest absolute Gasteiger partial charge is 0.487 e. The van der Waals surface area contributed by atoms with Gasteiger partial charge in [0.05, 0.1) is 75.8 Å². The number of benzene rings is 1. The predicted octanol–water partition coefficient (Wildman–Crippen LogP) is 3.03. The minimum atomic E-state index is -3.84. The van der Waals surface area contributed by atoms with Gasteiger partial charge in [0.1, 0.15) is 11.6 Å². The van der Waals surface area contributed by atoms with E-state index in [9.17, 15) is 28.6 Å². The van der Waals surface area contributed by atoms with E-state index in [1.165, 1.54) is 30.5 Å². The maximum absolute atomic E-state index is 13.1. The smallest absolute Gasteiger partial charge is 0.420 e. The molecule has 2 amide bonds. The van der Waals surface area contributed by atoms with Crippen molar-refractivity contribution in [3.05, 3.63) is 54.4 Å².